The Morgan fingerprint density at radius 1 is 1.26 bits per heavy atom. The van der Waals surface area contributed by atoms with Crippen LogP contribution in [0.5, 0.6) is 0 Å². The Labute approximate surface area is 115 Å². The van der Waals surface area contributed by atoms with Gasteiger partial charge in [0.1, 0.15) is 5.76 Å². The van der Waals surface area contributed by atoms with E-state index in [4.69, 9.17) is 4.42 Å². The van der Waals surface area contributed by atoms with E-state index < -0.39 is 10.0 Å². The molecule has 1 aromatic heterocycles. The number of aryl methyl sites for hydroxylation is 1. The molecule has 6 heteroatoms. The van der Waals surface area contributed by atoms with Crippen LogP contribution < -0.4 is 0 Å². The molecule has 1 aromatic rings. The third-order valence-corrected chi connectivity index (χ3v) is 4.80. The highest BCUT2D eigenvalue weighted by Gasteiger charge is 2.20. The molecule has 0 bridgehead atoms. The molecule has 5 nitrogen and oxygen atoms in total. The normalized spacial score (nSPS) is 19.4. The monoisotopic (exact) mass is 286 g/mol. The molecule has 0 unspecified atom stereocenters. The maximum Gasteiger partial charge on any atom is 0.211 e. The fourth-order valence-corrected chi connectivity index (χ4v) is 3.31. The van der Waals surface area contributed by atoms with E-state index in [9.17, 15) is 8.42 Å². The smallest absolute Gasteiger partial charge is 0.211 e. The van der Waals surface area contributed by atoms with Crippen LogP contribution in [0.4, 0.5) is 0 Å². The topological polar surface area (TPSA) is 53.8 Å². The molecule has 1 aliphatic rings. The van der Waals surface area contributed by atoms with E-state index in [1.807, 2.05) is 12.1 Å². The first-order valence-corrected chi connectivity index (χ1v) is 8.60. The number of sulfonamides is 1. The highest BCUT2D eigenvalue weighted by atomic mass is 32.2. The zero-order chi connectivity index (χ0) is 13.7. The van der Waals surface area contributed by atoms with Crippen LogP contribution in [0.25, 0.3) is 0 Å². The van der Waals surface area contributed by atoms with Crippen molar-refractivity contribution in [2.75, 3.05) is 39.0 Å². The highest BCUT2D eigenvalue weighted by molar-refractivity contribution is 7.88. The Balaban J connectivity index is 1.74. The first kappa shape index (κ1) is 14.6. The summed E-state index contributed by atoms with van der Waals surface area (Å²) in [6, 6.07) is 3.90. The van der Waals surface area contributed by atoms with Crippen LogP contribution in [0, 0.1) is 0 Å². The summed E-state index contributed by atoms with van der Waals surface area (Å²) < 4.78 is 29.9. The lowest BCUT2D eigenvalue weighted by Crippen LogP contribution is -2.34. The van der Waals surface area contributed by atoms with Gasteiger partial charge in [0.2, 0.25) is 10.0 Å². The number of nitrogens with zero attached hydrogens (tertiary/aromatic N) is 2. The van der Waals surface area contributed by atoms with Gasteiger partial charge in [-0.05, 0) is 38.1 Å². The highest BCUT2D eigenvalue weighted by Crippen LogP contribution is 2.09. The minimum absolute atomic E-state index is 0.611. The summed E-state index contributed by atoms with van der Waals surface area (Å²) in [6.07, 6.45) is 5.89. The molecule has 2 heterocycles. The molecule has 0 spiro atoms. The van der Waals surface area contributed by atoms with Crippen molar-refractivity contribution in [1.29, 1.82) is 0 Å². The van der Waals surface area contributed by atoms with Crippen molar-refractivity contribution in [3.05, 3.63) is 24.2 Å². The number of hydrogen-bond acceptors (Lipinski definition) is 4. The van der Waals surface area contributed by atoms with E-state index in [0.717, 1.165) is 44.7 Å². The summed E-state index contributed by atoms with van der Waals surface area (Å²) in [6.45, 7) is 4.06. The summed E-state index contributed by atoms with van der Waals surface area (Å²) in [5.41, 5.74) is 0. The molecule has 2 rings (SSSR count). The van der Waals surface area contributed by atoms with Crippen LogP contribution >= 0.6 is 0 Å². The molecule has 1 saturated heterocycles. The lowest BCUT2D eigenvalue weighted by atomic mass is 10.2. The maximum atomic E-state index is 11.5. The third-order valence-electron chi connectivity index (χ3n) is 3.49. The van der Waals surface area contributed by atoms with Gasteiger partial charge in [-0.25, -0.2) is 12.7 Å². The van der Waals surface area contributed by atoms with Gasteiger partial charge in [-0.3, -0.25) is 0 Å². The second-order valence-corrected chi connectivity index (χ2v) is 7.02. The average Bonchev–Trinajstić information content (AvgIpc) is 2.72. The molecule has 0 aromatic carbocycles. The number of hydrogen-bond donors (Lipinski definition) is 0. The van der Waals surface area contributed by atoms with Gasteiger partial charge in [0.05, 0.1) is 12.5 Å². The van der Waals surface area contributed by atoms with Crippen LogP contribution in [0.2, 0.25) is 0 Å². The molecule has 0 saturated carbocycles. The van der Waals surface area contributed by atoms with Crippen LogP contribution in [-0.4, -0.2) is 56.6 Å². The van der Waals surface area contributed by atoms with E-state index >= 15 is 0 Å². The van der Waals surface area contributed by atoms with E-state index in [2.05, 4.69) is 4.90 Å². The molecule has 19 heavy (non-hydrogen) atoms. The van der Waals surface area contributed by atoms with Gasteiger partial charge in [-0.1, -0.05) is 0 Å². The Morgan fingerprint density at radius 3 is 2.79 bits per heavy atom. The van der Waals surface area contributed by atoms with E-state index in [1.165, 1.54) is 6.26 Å². The second kappa shape index (κ2) is 6.54. The molecule has 0 N–H and O–H groups in total. The Bertz CT molecular complexity index is 470. The van der Waals surface area contributed by atoms with Gasteiger partial charge in [0.25, 0.3) is 0 Å². The van der Waals surface area contributed by atoms with E-state index in [0.29, 0.717) is 13.1 Å². The molecular formula is C13H22N2O3S. The first-order valence-electron chi connectivity index (χ1n) is 6.75. The maximum absolute atomic E-state index is 11.5. The van der Waals surface area contributed by atoms with Crippen molar-refractivity contribution < 1.29 is 12.8 Å². The Hall–Kier alpha value is -0.850. The minimum atomic E-state index is -3.04. The minimum Gasteiger partial charge on any atom is -0.469 e. The van der Waals surface area contributed by atoms with Gasteiger partial charge in [-0.2, -0.15) is 0 Å². The van der Waals surface area contributed by atoms with Crippen molar-refractivity contribution in [2.24, 2.45) is 0 Å². The molecule has 0 atom stereocenters. The predicted molar refractivity (Wildman–Crippen MR) is 74.5 cm³/mol. The van der Waals surface area contributed by atoms with Crippen molar-refractivity contribution in [2.45, 2.75) is 19.3 Å². The zero-order valence-corrected chi connectivity index (χ0v) is 12.2. The SMILES string of the molecule is CS(=O)(=O)N1CCCN(CCCc2ccco2)CC1. The van der Waals surface area contributed by atoms with Crippen LogP contribution in [0.15, 0.2) is 22.8 Å². The third kappa shape index (κ3) is 4.63. The number of furan rings is 1. The standard InChI is InChI=1S/C13H22N2O3S/c1-19(16,17)15-9-4-8-14(10-11-15)7-2-5-13-6-3-12-18-13/h3,6,12H,2,4-5,7-11H2,1H3. The summed E-state index contributed by atoms with van der Waals surface area (Å²) in [4.78, 5) is 2.34. The largest absolute Gasteiger partial charge is 0.469 e. The van der Waals surface area contributed by atoms with Crippen molar-refractivity contribution in [3.63, 3.8) is 0 Å². The van der Waals surface area contributed by atoms with Crippen LogP contribution in [0.1, 0.15) is 18.6 Å². The zero-order valence-electron chi connectivity index (χ0n) is 11.4. The van der Waals surface area contributed by atoms with Gasteiger partial charge in [0, 0.05) is 26.1 Å². The molecule has 1 fully saturated rings. The van der Waals surface area contributed by atoms with Gasteiger partial charge >= 0.3 is 0 Å². The fourth-order valence-electron chi connectivity index (χ4n) is 2.43. The van der Waals surface area contributed by atoms with Crippen LogP contribution in [0.3, 0.4) is 0 Å². The van der Waals surface area contributed by atoms with Crippen molar-refractivity contribution in [1.82, 2.24) is 9.21 Å². The van der Waals surface area contributed by atoms with Crippen molar-refractivity contribution >= 4 is 10.0 Å². The number of rotatable bonds is 5. The van der Waals surface area contributed by atoms with Crippen LogP contribution in [-0.2, 0) is 16.4 Å². The lowest BCUT2D eigenvalue weighted by Gasteiger charge is -2.20. The second-order valence-electron chi connectivity index (χ2n) is 5.04. The van der Waals surface area contributed by atoms with Gasteiger partial charge in [0.15, 0.2) is 0 Å². The first-order chi connectivity index (χ1) is 9.05. The van der Waals surface area contributed by atoms with Gasteiger partial charge in [-0.15, -0.1) is 0 Å². The quantitative estimate of drug-likeness (QED) is 0.815. The molecular weight excluding hydrogens is 264 g/mol. The predicted octanol–water partition coefficient (Wildman–Crippen LogP) is 1.18. The average molecular weight is 286 g/mol. The molecule has 0 amide bonds. The van der Waals surface area contributed by atoms with E-state index in [1.54, 1.807) is 10.6 Å². The summed E-state index contributed by atoms with van der Waals surface area (Å²) in [5.74, 6) is 1.02. The van der Waals surface area contributed by atoms with Gasteiger partial charge < -0.3 is 9.32 Å². The molecule has 108 valence electrons. The van der Waals surface area contributed by atoms with E-state index in [-0.39, 0.29) is 0 Å². The summed E-state index contributed by atoms with van der Waals surface area (Å²) >= 11 is 0. The fraction of sp³-hybridized carbons (Fsp3) is 0.692. The Kier molecular flexibility index (Phi) is 5.01. The lowest BCUT2D eigenvalue weighted by molar-refractivity contribution is 0.280. The molecule has 0 aliphatic carbocycles. The summed E-state index contributed by atoms with van der Waals surface area (Å²) in [7, 11) is -3.04. The Morgan fingerprint density at radius 2 is 2.11 bits per heavy atom. The molecule has 1 aliphatic heterocycles. The molecule has 0 radical (unpaired) electrons. The van der Waals surface area contributed by atoms with Crippen molar-refractivity contribution in [3.8, 4) is 0 Å². The summed E-state index contributed by atoms with van der Waals surface area (Å²) in [5, 5.41) is 0.